The van der Waals surface area contributed by atoms with E-state index in [9.17, 15) is 0 Å². The highest BCUT2D eigenvalue weighted by molar-refractivity contribution is 9.10. The first-order chi connectivity index (χ1) is 8.66. The van der Waals surface area contributed by atoms with Gasteiger partial charge >= 0.3 is 0 Å². The molecule has 0 aliphatic heterocycles. The Labute approximate surface area is 121 Å². The molecule has 0 aliphatic carbocycles. The summed E-state index contributed by atoms with van der Waals surface area (Å²) in [7, 11) is 0. The molecule has 18 heavy (non-hydrogen) atoms. The highest BCUT2D eigenvalue weighted by Crippen LogP contribution is 2.17. The van der Waals surface area contributed by atoms with Gasteiger partial charge in [0.25, 0.3) is 0 Å². The van der Waals surface area contributed by atoms with Crippen molar-refractivity contribution in [2.75, 3.05) is 0 Å². The zero-order chi connectivity index (χ0) is 13.0. The van der Waals surface area contributed by atoms with Crippen molar-refractivity contribution >= 4 is 27.5 Å². The molecule has 3 heteroatoms. The van der Waals surface area contributed by atoms with Crippen molar-refractivity contribution in [2.45, 2.75) is 20.0 Å². The zero-order valence-corrected chi connectivity index (χ0v) is 12.6. The third-order valence-electron chi connectivity index (χ3n) is 2.89. The van der Waals surface area contributed by atoms with Gasteiger partial charge in [-0.05, 0) is 41.8 Å². The van der Waals surface area contributed by atoms with Crippen LogP contribution in [0.15, 0.2) is 46.9 Å². The Bertz CT molecular complexity index is 540. The van der Waals surface area contributed by atoms with Crippen molar-refractivity contribution in [2.24, 2.45) is 0 Å². The first kappa shape index (κ1) is 13.6. The number of benzene rings is 2. The molecule has 2 aromatic carbocycles. The lowest BCUT2D eigenvalue weighted by atomic mass is 10.1. The predicted molar refractivity (Wildman–Crippen MR) is 80.9 cm³/mol. The maximum Gasteiger partial charge on any atom is 0.0408 e. The fourth-order valence-electron chi connectivity index (χ4n) is 1.83. The van der Waals surface area contributed by atoms with Crippen LogP contribution >= 0.6 is 27.5 Å². The topological polar surface area (TPSA) is 12.0 Å². The molecule has 0 amide bonds. The van der Waals surface area contributed by atoms with Gasteiger partial charge in [-0.25, -0.2) is 0 Å². The Morgan fingerprint density at radius 1 is 1.06 bits per heavy atom. The monoisotopic (exact) mass is 323 g/mol. The maximum atomic E-state index is 5.94. The normalized spacial score (nSPS) is 10.6. The van der Waals surface area contributed by atoms with E-state index in [1.54, 1.807) is 0 Å². The highest BCUT2D eigenvalue weighted by Gasteiger charge is 2.01. The van der Waals surface area contributed by atoms with E-state index in [0.717, 1.165) is 22.6 Å². The van der Waals surface area contributed by atoms with Gasteiger partial charge in [0.2, 0.25) is 0 Å². The van der Waals surface area contributed by atoms with Crippen LogP contribution < -0.4 is 5.32 Å². The molecule has 2 rings (SSSR count). The lowest BCUT2D eigenvalue weighted by Gasteiger charge is -2.09. The maximum absolute atomic E-state index is 5.94. The molecule has 0 unspecified atom stereocenters. The molecule has 0 fully saturated rings. The van der Waals surface area contributed by atoms with E-state index in [4.69, 9.17) is 11.6 Å². The molecule has 1 nitrogen and oxygen atoms in total. The summed E-state index contributed by atoms with van der Waals surface area (Å²) in [6.07, 6.45) is 0. The number of aryl methyl sites for hydroxylation is 1. The van der Waals surface area contributed by atoms with Gasteiger partial charge < -0.3 is 5.32 Å². The van der Waals surface area contributed by atoms with Crippen LogP contribution in [0.3, 0.4) is 0 Å². The fourth-order valence-corrected chi connectivity index (χ4v) is 2.48. The van der Waals surface area contributed by atoms with E-state index >= 15 is 0 Å². The van der Waals surface area contributed by atoms with Crippen LogP contribution in [-0.2, 0) is 13.1 Å². The smallest absolute Gasteiger partial charge is 0.0408 e. The highest BCUT2D eigenvalue weighted by atomic mass is 79.9. The molecule has 0 spiro atoms. The predicted octanol–water partition coefficient (Wildman–Crippen LogP) is 4.70. The largest absolute Gasteiger partial charge is 0.309 e. The Morgan fingerprint density at radius 3 is 2.50 bits per heavy atom. The Hall–Kier alpha value is -0.830. The lowest BCUT2D eigenvalue weighted by molar-refractivity contribution is 0.689. The second-order valence-corrected chi connectivity index (χ2v) is 5.56. The Balaban J connectivity index is 1.95. The van der Waals surface area contributed by atoms with E-state index in [1.807, 2.05) is 18.2 Å². The van der Waals surface area contributed by atoms with Gasteiger partial charge in [-0.1, -0.05) is 51.8 Å². The molecule has 94 valence electrons. The van der Waals surface area contributed by atoms with Gasteiger partial charge in [0.1, 0.15) is 0 Å². The summed E-state index contributed by atoms with van der Waals surface area (Å²) in [4.78, 5) is 0. The van der Waals surface area contributed by atoms with Gasteiger partial charge in [-0.3, -0.25) is 0 Å². The molecule has 0 saturated carbocycles. The number of nitrogens with one attached hydrogen (secondary N) is 1. The Kier molecular flexibility index (Phi) is 4.81. The summed E-state index contributed by atoms with van der Waals surface area (Å²) in [5.74, 6) is 0. The van der Waals surface area contributed by atoms with Crippen molar-refractivity contribution in [3.8, 4) is 0 Å². The van der Waals surface area contributed by atoms with Crippen LogP contribution in [0.1, 0.15) is 16.7 Å². The average molecular weight is 325 g/mol. The minimum atomic E-state index is 0.794. The summed E-state index contributed by atoms with van der Waals surface area (Å²) in [6, 6.07) is 14.3. The van der Waals surface area contributed by atoms with Crippen LogP contribution in [0.2, 0.25) is 5.02 Å². The van der Waals surface area contributed by atoms with Crippen molar-refractivity contribution in [3.05, 3.63) is 68.7 Å². The quantitative estimate of drug-likeness (QED) is 0.859. The van der Waals surface area contributed by atoms with Gasteiger partial charge in [0.05, 0.1) is 0 Å². The van der Waals surface area contributed by atoms with Gasteiger partial charge in [0, 0.05) is 22.6 Å². The molecule has 2 aromatic rings. The van der Waals surface area contributed by atoms with E-state index < -0.39 is 0 Å². The zero-order valence-electron chi connectivity index (χ0n) is 10.2. The van der Waals surface area contributed by atoms with Gasteiger partial charge in [-0.15, -0.1) is 0 Å². The SMILES string of the molecule is Cc1cc(Cl)ccc1CNCc1ccccc1Br. The summed E-state index contributed by atoms with van der Waals surface area (Å²) < 4.78 is 1.14. The second kappa shape index (κ2) is 6.37. The molecule has 0 aliphatic rings. The van der Waals surface area contributed by atoms with Crippen LogP contribution in [0.4, 0.5) is 0 Å². The van der Waals surface area contributed by atoms with Gasteiger partial charge in [0.15, 0.2) is 0 Å². The van der Waals surface area contributed by atoms with Crippen LogP contribution in [0, 0.1) is 6.92 Å². The minimum Gasteiger partial charge on any atom is -0.309 e. The lowest BCUT2D eigenvalue weighted by Crippen LogP contribution is -2.13. The standard InChI is InChI=1S/C15H15BrClN/c1-11-8-14(17)7-6-12(11)9-18-10-13-4-2-3-5-15(13)16/h2-8,18H,9-10H2,1H3. The summed E-state index contributed by atoms with van der Waals surface area (Å²) >= 11 is 9.49. The molecule has 0 radical (unpaired) electrons. The van der Waals surface area contributed by atoms with Crippen LogP contribution in [0.25, 0.3) is 0 Å². The fraction of sp³-hybridized carbons (Fsp3) is 0.200. The molecular weight excluding hydrogens is 310 g/mol. The first-order valence-corrected chi connectivity index (χ1v) is 7.03. The molecule has 0 heterocycles. The van der Waals surface area contributed by atoms with Crippen molar-refractivity contribution in [1.82, 2.24) is 5.32 Å². The van der Waals surface area contributed by atoms with E-state index in [1.165, 1.54) is 16.7 Å². The number of hydrogen-bond acceptors (Lipinski definition) is 1. The first-order valence-electron chi connectivity index (χ1n) is 5.86. The minimum absolute atomic E-state index is 0.794. The summed E-state index contributed by atoms with van der Waals surface area (Å²) in [5, 5.41) is 4.24. The molecule has 1 N–H and O–H groups in total. The molecule has 0 bridgehead atoms. The van der Waals surface area contributed by atoms with Crippen LogP contribution in [-0.4, -0.2) is 0 Å². The number of hydrogen-bond donors (Lipinski definition) is 1. The van der Waals surface area contributed by atoms with Gasteiger partial charge in [-0.2, -0.15) is 0 Å². The van der Waals surface area contributed by atoms with Crippen molar-refractivity contribution < 1.29 is 0 Å². The van der Waals surface area contributed by atoms with Crippen molar-refractivity contribution in [1.29, 1.82) is 0 Å². The average Bonchev–Trinajstić information content (AvgIpc) is 2.34. The van der Waals surface area contributed by atoms with E-state index in [0.29, 0.717) is 0 Å². The molecule has 0 saturated heterocycles. The third-order valence-corrected chi connectivity index (χ3v) is 3.90. The van der Waals surface area contributed by atoms with Crippen molar-refractivity contribution in [3.63, 3.8) is 0 Å². The third kappa shape index (κ3) is 3.58. The molecule has 0 aromatic heterocycles. The van der Waals surface area contributed by atoms with E-state index in [2.05, 4.69) is 52.4 Å². The molecule has 0 atom stereocenters. The second-order valence-electron chi connectivity index (χ2n) is 4.27. The van der Waals surface area contributed by atoms with E-state index in [-0.39, 0.29) is 0 Å². The van der Waals surface area contributed by atoms with Crippen LogP contribution in [0.5, 0.6) is 0 Å². The summed E-state index contributed by atoms with van der Waals surface area (Å²) in [5.41, 5.74) is 3.78. The number of halogens is 2. The molecular formula is C15H15BrClN. The number of rotatable bonds is 4. The Morgan fingerprint density at radius 2 is 1.78 bits per heavy atom. The summed E-state index contributed by atoms with van der Waals surface area (Å²) in [6.45, 7) is 3.79.